The van der Waals surface area contributed by atoms with Crippen LogP contribution in [0.5, 0.6) is 0 Å². The van der Waals surface area contributed by atoms with E-state index in [0.29, 0.717) is 28.7 Å². The average Bonchev–Trinajstić information content (AvgIpc) is 2.39. The maximum absolute atomic E-state index is 11.9. The van der Waals surface area contributed by atoms with Gasteiger partial charge in [0.05, 0.1) is 0 Å². The largest absolute Gasteiger partial charge is 0.327 e. The number of nitrogens with zero attached hydrogens (tertiary/aromatic N) is 3. The molecule has 0 radical (unpaired) electrons. The fourth-order valence-electron chi connectivity index (χ4n) is 1.75. The zero-order valence-electron chi connectivity index (χ0n) is 10.3. The van der Waals surface area contributed by atoms with E-state index in [2.05, 4.69) is 35.7 Å². The molecule has 6 heteroatoms. The topological polar surface area (TPSA) is 63.6 Å². The first-order valence-electron chi connectivity index (χ1n) is 5.40. The summed E-state index contributed by atoms with van der Waals surface area (Å²) < 4.78 is 1.59. The molecule has 1 N–H and O–H groups in total. The van der Waals surface area contributed by atoms with Crippen LogP contribution in [0.2, 0.25) is 5.15 Å². The number of aromatic nitrogens is 4. The van der Waals surface area contributed by atoms with Crippen LogP contribution >= 0.6 is 11.6 Å². The highest BCUT2D eigenvalue weighted by Crippen LogP contribution is 2.22. The van der Waals surface area contributed by atoms with Crippen LogP contribution in [-0.2, 0) is 6.54 Å². The van der Waals surface area contributed by atoms with Crippen molar-refractivity contribution in [3.05, 3.63) is 21.5 Å². The van der Waals surface area contributed by atoms with Crippen molar-refractivity contribution < 1.29 is 0 Å². The van der Waals surface area contributed by atoms with Gasteiger partial charge in [-0.1, -0.05) is 32.4 Å². The summed E-state index contributed by atoms with van der Waals surface area (Å²) in [5.41, 5.74) is 0.860. The van der Waals surface area contributed by atoms with Crippen molar-refractivity contribution in [2.75, 3.05) is 0 Å². The van der Waals surface area contributed by atoms with Crippen LogP contribution in [0.3, 0.4) is 0 Å². The van der Waals surface area contributed by atoms with Gasteiger partial charge in [-0.15, -0.1) is 0 Å². The molecule has 0 aliphatic carbocycles. The molecule has 2 aromatic heterocycles. The molecule has 92 valence electrons. The van der Waals surface area contributed by atoms with Crippen molar-refractivity contribution in [3.8, 4) is 0 Å². The van der Waals surface area contributed by atoms with E-state index in [4.69, 9.17) is 11.6 Å². The third kappa shape index (κ3) is 2.34. The third-order valence-corrected chi connectivity index (χ3v) is 2.59. The lowest BCUT2D eigenvalue weighted by molar-refractivity contribution is 0.344. The Bertz CT molecular complexity index is 621. The van der Waals surface area contributed by atoms with Gasteiger partial charge in [0.25, 0.3) is 0 Å². The Morgan fingerprint density at radius 2 is 2.00 bits per heavy atom. The van der Waals surface area contributed by atoms with Crippen molar-refractivity contribution in [2.24, 2.45) is 5.41 Å². The first-order chi connectivity index (χ1) is 7.78. The molecule has 0 fully saturated rings. The maximum atomic E-state index is 11.9. The van der Waals surface area contributed by atoms with Gasteiger partial charge in [0.15, 0.2) is 10.8 Å². The summed E-state index contributed by atoms with van der Waals surface area (Å²) in [6.07, 6.45) is 0. The van der Waals surface area contributed by atoms with Crippen LogP contribution in [0.25, 0.3) is 11.2 Å². The van der Waals surface area contributed by atoms with E-state index in [1.165, 1.54) is 0 Å². The molecule has 0 atom stereocenters. The SMILES string of the molecule is Cc1nc(Cl)c2c(n1)[nH]c(=O)n2CC(C)(C)C. The van der Waals surface area contributed by atoms with Gasteiger partial charge in [-0.3, -0.25) is 9.55 Å². The maximum Gasteiger partial charge on any atom is 0.327 e. The quantitative estimate of drug-likeness (QED) is 0.793. The Labute approximate surface area is 104 Å². The van der Waals surface area contributed by atoms with Gasteiger partial charge in [-0.05, 0) is 12.3 Å². The smallest absolute Gasteiger partial charge is 0.290 e. The van der Waals surface area contributed by atoms with Gasteiger partial charge in [-0.25, -0.2) is 14.8 Å². The average molecular weight is 255 g/mol. The Hall–Kier alpha value is -1.36. The number of rotatable bonds is 1. The van der Waals surface area contributed by atoms with Gasteiger partial charge in [0.2, 0.25) is 0 Å². The summed E-state index contributed by atoms with van der Waals surface area (Å²) in [7, 11) is 0. The molecule has 0 amide bonds. The van der Waals surface area contributed by atoms with Crippen molar-refractivity contribution in [3.63, 3.8) is 0 Å². The molecular formula is C11H15ClN4O. The lowest BCUT2D eigenvalue weighted by Gasteiger charge is -2.18. The van der Waals surface area contributed by atoms with E-state index in [0.717, 1.165) is 0 Å². The molecule has 2 aromatic rings. The summed E-state index contributed by atoms with van der Waals surface area (Å²) >= 11 is 6.08. The molecule has 2 rings (SSSR count). The monoisotopic (exact) mass is 254 g/mol. The minimum atomic E-state index is -0.197. The number of nitrogens with one attached hydrogen (secondary N) is 1. The van der Waals surface area contributed by atoms with Crippen LogP contribution in [0, 0.1) is 12.3 Å². The highest BCUT2D eigenvalue weighted by atomic mass is 35.5. The summed E-state index contributed by atoms with van der Waals surface area (Å²) in [4.78, 5) is 22.8. The minimum absolute atomic E-state index is 0.0207. The number of H-pyrrole nitrogens is 1. The van der Waals surface area contributed by atoms with Crippen LogP contribution in [0.4, 0.5) is 0 Å². The third-order valence-electron chi connectivity index (χ3n) is 2.33. The number of hydrogen-bond donors (Lipinski definition) is 1. The van der Waals surface area contributed by atoms with Crippen molar-refractivity contribution >= 4 is 22.8 Å². The Morgan fingerprint density at radius 1 is 1.35 bits per heavy atom. The number of halogens is 1. The number of fused-ring (bicyclic) bond motifs is 1. The van der Waals surface area contributed by atoms with Gasteiger partial charge in [-0.2, -0.15) is 0 Å². The molecule has 0 aliphatic rings. The second-order valence-corrected chi connectivity index (χ2v) is 5.69. The Balaban J connectivity index is 2.71. The second kappa shape index (κ2) is 3.84. The van der Waals surface area contributed by atoms with Gasteiger partial charge in [0.1, 0.15) is 11.3 Å². The van der Waals surface area contributed by atoms with Crippen molar-refractivity contribution in [1.82, 2.24) is 19.5 Å². The van der Waals surface area contributed by atoms with Crippen molar-refractivity contribution in [2.45, 2.75) is 34.2 Å². The minimum Gasteiger partial charge on any atom is -0.290 e. The predicted molar refractivity (Wildman–Crippen MR) is 67.4 cm³/mol. The lowest BCUT2D eigenvalue weighted by Crippen LogP contribution is -2.24. The zero-order valence-corrected chi connectivity index (χ0v) is 11.1. The molecule has 0 aromatic carbocycles. The zero-order chi connectivity index (χ0) is 12.8. The van der Waals surface area contributed by atoms with E-state index in [1.807, 2.05) is 0 Å². The summed E-state index contributed by atoms with van der Waals surface area (Å²) in [6.45, 7) is 8.48. The molecule has 0 spiro atoms. The normalized spacial score (nSPS) is 12.3. The van der Waals surface area contributed by atoms with Gasteiger partial charge < -0.3 is 0 Å². The van der Waals surface area contributed by atoms with Crippen LogP contribution in [0.1, 0.15) is 26.6 Å². The number of hydrogen-bond acceptors (Lipinski definition) is 3. The fourth-order valence-corrected chi connectivity index (χ4v) is 2.07. The Kier molecular flexibility index (Phi) is 2.73. The fraction of sp³-hybridized carbons (Fsp3) is 0.545. The van der Waals surface area contributed by atoms with Gasteiger partial charge >= 0.3 is 5.69 Å². The van der Waals surface area contributed by atoms with Crippen LogP contribution in [-0.4, -0.2) is 19.5 Å². The lowest BCUT2D eigenvalue weighted by atomic mass is 9.97. The molecule has 2 heterocycles. The summed E-state index contributed by atoms with van der Waals surface area (Å²) in [6, 6.07) is 0. The van der Waals surface area contributed by atoms with E-state index in [-0.39, 0.29) is 11.1 Å². The summed E-state index contributed by atoms with van der Waals surface area (Å²) in [5.74, 6) is 0.548. The number of aromatic amines is 1. The molecule has 0 saturated heterocycles. The second-order valence-electron chi connectivity index (χ2n) is 5.34. The highest BCUT2D eigenvalue weighted by molar-refractivity contribution is 6.33. The van der Waals surface area contributed by atoms with E-state index in [1.54, 1.807) is 11.5 Å². The number of aryl methyl sites for hydroxylation is 1. The molecule has 5 nitrogen and oxygen atoms in total. The first-order valence-corrected chi connectivity index (χ1v) is 5.78. The van der Waals surface area contributed by atoms with E-state index < -0.39 is 0 Å². The molecule has 17 heavy (non-hydrogen) atoms. The van der Waals surface area contributed by atoms with Crippen molar-refractivity contribution in [1.29, 1.82) is 0 Å². The standard InChI is InChI=1S/C11H15ClN4O/c1-6-13-8(12)7-9(14-6)15-10(17)16(7)5-11(2,3)4/h5H2,1-4H3,(H,13,14,15,17). The van der Waals surface area contributed by atoms with Gasteiger partial charge in [0, 0.05) is 6.54 Å². The molecule has 0 unspecified atom stereocenters. The molecular weight excluding hydrogens is 240 g/mol. The Morgan fingerprint density at radius 3 is 2.59 bits per heavy atom. The van der Waals surface area contributed by atoms with Crippen LogP contribution in [0.15, 0.2) is 4.79 Å². The molecule has 0 aliphatic heterocycles. The first kappa shape index (κ1) is 12.1. The number of imidazole rings is 1. The highest BCUT2D eigenvalue weighted by Gasteiger charge is 2.18. The molecule has 0 saturated carbocycles. The van der Waals surface area contributed by atoms with E-state index in [9.17, 15) is 4.79 Å². The summed E-state index contributed by atoms with van der Waals surface area (Å²) in [5, 5.41) is 0.315. The van der Waals surface area contributed by atoms with E-state index >= 15 is 0 Å². The van der Waals surface area contributed by atoms with Crippen LogP contribution < -0.4 is 5.69 Å². The predicted octanol–water partition coefficient (Wildman–Crippen LogP) is 2.13. The molecule has 0 bridgehead atoms.